The average molecular weight is 156 g/mol. The molecule has 2 heteroatoms. The van der Waals surface area contributed by atoms with E-state index >= 15 is 0 Å². The van der Waals surface area contributed by atoms with Crippen LogP contribution in [-0.2, 0) is 0 Å². The molecule has 0 unspecified atom stereocenters. The summed E-state index contributed by atoms with van der Waals surface area (Å²) < 4.78 is 23.9. The van der Waals surface area contributed by atoms with Crippen LogP contribution in [-0.4, -0.2) is 6.43 Å². The van der Waals surface area contributed by atoms with E-state index in [0.717, 1.165) is 6.08 Å². The van der Waals surface area contributed by atoms with Gasteiger partial charge in [-0.15, -0.1) is 0 Å². The second-order valence-corrected chi connectivity index (χ2v) is 1.79. The molecule has 0 aromatic rings. The van der Waals surface area contributed by atoms with Crippen LogP contribution in [0.25, 0.3) is 0 Å². The van der Waals surface area contributed by atoms with E-state index < -0.39 is 6.43 Å². The van der Waals surface area contributed by atoms with Crippen molar-refractivity contribution < 1.29 is 8.78 Å². The number of hydrogen-bond donors (Lipinski definition) is 0. The largest absolute Gasteiger partial charge is 0.263 e. The molecule has 0 atom stereocenters. The lowest BCUT2D eigenvalue weighted by Crippen LogP contribution is -1.91. The van der Waals surface area contributed by atoms with Crippen molar-refractivity contribution in [3.63, 3.8) is 0 Å². The molecule has 0 fully saturated rings. The standard InChI is InChI=1S/C9H10F2/c1-3-5-6-7-8(4-2)9(10)11/h3-7,9H,1-2H2/b6-5+,8-7+. The van der Waals surface area contributed by atoms with Gasteiger partial charge in [0.25, 0.3) is 6.43 Å². The third kappa shape index (κ3) is 4.25. The molecule has 0 aliphatic heterocycles. The minimum absolute atomic E-state index is 0.0805. The summed E-state index contributed by atoms with van der Waals surface area (Å²) >= 11 is 0. The Balaban J connectivity index is 4.23. The fourth-order valence-corrected chi connectivity index (χ4v) is 0.475. The van der Waals surface area contributed by atoms with Crippen LogP contribution in [0, 0.1) is 0 Å². The lowest BCUT2D eigenvalue weighted by Gasteiger charge is -1.95. The quantitative estimate of drug-likeness (QED) is 0.548. The van der Waals surface area contributed by atoms with Crippen LogP contribution in [0.3, 0.4) is 0 Å². The second kappa shape index (κ2) is 5.59. The van der Waals surface area contributed by atoms with E-state index in [0.29, 0.717) is 0 Å². The molecule has 0 heterocycles. The maximum atomic E-state index is 11.9. The van der Waals surface area contributed by atoms with Crippen molar-refractivity contribution in [3.8, 4) is 0 Å². The zero-order valence-corrected chi connectivity index (χ0v) is 6.13. The number of halogens is 2. The van der Waals surface area contributed by atoms with E-state index in [-0.39, 0.29) is 5.57 Å². The molecule has 11 heavy (non-hydrogen) atoms. The van der Waals surface area contributed by atoms with E-state index in [1.807, 2.05) is 0 Å². The smallest absolute Gasteiger partial charge is 0.205 e. The Morgan fingerprint density at radius 2 is 1.82 bits per heavy atom. The molecule has 0 saturated carbocycles. The van der Waals surface area contributed by atoms with Gasteiger partial charge >= 0.3 is 0 Å². The molecule has 0 aliphatic carbocycles. The molecule has 0 bridgehead atoms. The summed E-state index contributed by atoms with van der Waals surface area (Å²) in [5, 5.41) is 0. The third-order valence-electron chi connectivity index (χ3n) is 1.02. The normalized spacial score (nSPS) is 12.5. The maximum absolute atomic E-state index is 11.9. The zero-order chi connectivity index (χ0) is 8.69. The van der Waals surface area contributed by atoms with Gasteiger partial charge in [0.05, 0.1) is 0 Å². The fraction of sp³-hybridized carbons (Fsp3) is 0.111. The lowest BCUT2D eigenvalue weighted by atomic mass is 10.2. The van der Waals surface area contributed by atoms with Crippen LogP contribution in [0.2, 0.25) is 0 Å². The molecule has 0 aromatic carbocycles. The fourth-order valence-electron chi connectivity index (χ4n) is 0.475. The molecule has 0 aromatic heterocycles. The van der Waals surface area contributed by atoms with Crippen molar-refractivity contribution in [2.24, 2.45) is 0 Å². The van der Waals surface area contributed by atoms with E-state index in [1.165, 1.54) is 18.2 Å². The highest BCUT2D eigenvalue weighted by molar-refractivity contribution is 5.25. The lowest BCUT2D eigenvalue weighted by molar-refractivity contribution is 0.194. The summed E-state index contributed by atoms with van der Waals surface area (Å²) in [6, 6.07) is 0. The van der Waals surface area contributed by atoms with Crippen molar-refractivity contribution in [2.45, 2.75) is 6.43 Å². The predicted octanol–water partition coefficient (Wildman–Crippen LogP) is 3.11. The van der Waals surface area contributed by atoms with Crippen molar-refractivity contribution in [2.75, 3.05) is 0 Å². The summed E-state index contributed by atoms with van der Waals surface area (Å²) in [7, 11) is 0. The molecule has 0 aliphatic rings. The van der Waals surface area contributed by atoms with E-state index in [2.05, 4.69) is 13.2 Å². The van der Waals surface area contributed by atoms with Crippen molar-refractivity contribution in [1.29, 1.82) is 0 Å². The van der Waals surface area contributed by atoms with Gasteiger partial charge < -0.3 is 0 Å². The Morgan fingerprint density at radius 1 is 1.18 bits per heavy atom. The Labute approximate surface area is 65.2 Å². The number of rotatable bonds is 4. The number of hydrogen-bond acceptors (Lipinski definition) is 0. The van der Waals surface area contributed by atoms with Gasteiger partial charge in [0, 0.05) is 5.57 Å². The minimum atomic E-state index is -2.46. The Morgan fingerprint density at radius 3 is 2.18 bits per heavy atom. The zero-order valence-electron chi connectivity index (χ0n) is 6.13. The van der Waals surface area contributed by atoms with Crippen LogP contribution in [0.15, 0.2) is 49.1 Å². The predicted molar refractivity (Wildman–Crippen MR) is 43.6 cm³/mol. The second-order valence-electron chi connectivity index (χ2n) is 1.79. The van der Waals surface area contributed by atoms with Crippen LogP contribution in [0.4, 0.5) is 8.78 Å². The molecule has 0 rings (SSSR count). The van der Waals surface area contributed by atoms with Gasteiger partial charge in [-0.3, -0.25) is 0 Å². The van der Waals surface area contributed by atoms with Gasteiger partial charge in [-0.05, 0) is 0 Å². The minimum Gasteiger partial charge on any atom is -0.205 e. The first-order valence-corrected chi connectivity index (χ1v) is 3.12. The molecular weight excluding hydrogens is 146 g/mol. The monoisotopic (exact) mass is 156 g/mol. The van der Waals surface area contributed by atoms with Gasteiger partial charge in [-0.25, -0.2) is 8.78 Å². The SMILES string of the molecule is C=C/C=C/C=C(\C=C)C(F)F. The highest BCUT2D eigenvalue weighted by atomic mass is 19.3. The highest BCUT2D eigenvalue weighted by Crippen LogP contribution is 2.08. The van der Waals surface area contributed by atoms with Crippen molar-refractivity contribution >= 4 is 0 Å². The molecule has 60 valence electrons. The molecule has 0 amide bonds. The van der Waals surface area contributed by atoms with Gasteiger partial charge in [-0.2, -0.15) is 0 Å². The Hall–Kier alpha value is -1.18. The molecular formula is C9H10F2. The van der Waals surface area contributed by atoms with E-state index in [1.54, 1.807) is 6.08 Å². The van der Waals surface area contributed by atoms with Crippen LogP contribution in [0.5, 0.6) is 0 Å². The van der Waals surface area contributed by atoms with Gasteiger partial charge in [0.15, 0.2) is 0 Å². The van der Waals surface area contributed by atoms with Crippen LogP contribution < -0.4 is 0 Å². The van der Waals surface area contributed by atoms with Gasteiger partial charge in [-0.1, -0.05) is 43.5 Å². The van der Waals surface area contributed by atoms with E-state index in [9.17, 15) is 8.78 Å². The van der Waals surface area contributed by atoms with Crippen molar-refractivity contribution in [3.05, 3.63) is 49.1 Å². The third-order valence-corrected chi connectivity index (χ3v) is 1.02. The summed E-state index contributed by atoms with van der Waals surface area (Å²) in [5.41, 5.74) is -0.0805. The van der Waals surface area contributed by atoms with Gasteiger partial charge in [0.1, 0.15) is 0 Å². The number of alkyl halides is 2. The van der Waals surface area contributed by atoms with Crippen LogP contribution >= 0.6 is 0 Å². The topological polar surface area (TPSA) is 0 Å². The average Bonchev–Trinajstić information content (AvgIpc) is 1.97. The molecule has 0 spiro atoms. The van der Waals surface area contributed by atoms with E-state index in [4.69, 9.17) is 0 Å². The van der Waals surface area contributed by atoms with Crippen molar-refractivity contribution in [1.82, 2.24) is 0 Å². The molecule has 0 radical (unpaired) electrons. The van der Waals surface area contributed by atoms with Gasteiger partial charge in [0.2, 0.25) is 0 Å². The molecule has 0 N–H and O–H groups in total. The summed E-state index contributed by atoms with van der Waals surface area (Å²) in [6.07, 6.45) is 4.57. The Bertz CT molecular complexity index is 188. The number of allylic oxidation sites excluding steroid dienone is 6. The highest BCUT2D eigenvalue weighted by Gasteiger charge is 2.03. The Kier molecular flexibility index (Phi) is 4.99. The van der Waals surface area contributed by atoms with Crippen LogP contribution in [0.1, 0.15) is 0 Å². The molecule has 0 saturated heterocycles. The summed E-state index contributed by atoms with van der Waals surface area (Å²) in [5.74, 6) is 0. The molecule has 0 nitrogen and oxygen atoms in total. The first-order chi connectivity index (χ1) is 5.22. The maximum Gasteiger partial charge on any atom is 0.263 e. The summed E-state index contributed by atoms with van der Waals surface area (Å²) in [6.45, 7) is 6.65. The first-order valence-electron chi connectivity index (χ1n) is 3.12. The first kappa shape index (κ1) is 9.82. The summed E-state index contributed by atoms with van der Waals surface area (Å²) in [4.78, 5) is 0.